The third kappa shape index (κ3) is 3.97. The Balaban J connectivity index is 1.18. The number of fused-ring (bicyclic) bond motifs is 3. The van der Waals surface area contributed by atoms with Crippen LogP contribution in [-0.4, -0.2) is 0 Å². The number of para-hydroxylation sites is 1. The van der Waals surface area contributed by atoms with Crippen LogP contribution in [0.5, 0.6) is 0 Å². The molecule has 1 aromatic heterocycles. The average molecular weight is 602 g/mol. The van der Waals surface area contributed by atoms with E-state index in [-0.39, 0.29) is 29.7 Å². The molecular formula is C46H28O. The van der Waals surface area contributed by atoms with Crippen LogP contribution in [0.4, 0.5) is 0 Å². The third-order valence-electron chi connectivity index (χ3n) is 9.55. The second kappa shape index (κ2) is 10.2. The van der Waals surface area contributed by atoms with E-state index in [9.17, 15) is 0 Å². The van der Waals surface area contributed by atoms with Gasteiger partial charge in [0.15, 0.2) is 0 Å². The molecule has 0 atom stereocenters. The van der Waals surface area contributed by atoms with Gasteiger partial charge in [-0.2, -0.15) is 0 Å². The van der Waals surface area contributed by atoms with Crippen LogP contribution in [0, 0.1) is 0 Å². The minimum atomic E-state index is -0.393. The highest BCUT2D eigenvalue weighted by atomic mass is 16.3. The van der Waals surface area contributed by atoms with Crippen molar-refractivity contribution in [3.8, 4) is 44.5 Å². The summed E-state index contributed by atoms with van der Waals surface area (Å²) in [6, 6.07) is 46.7. The van der Waals surface area contributed by atoms with Crippen molar-refractivity contribution in [3.63, 3.8) is 0 Å². The summed E-state index contributed by atoms with van der Waals surface area (Å²) in [6.45, 7) is 0. The van der Waals surface area contributed by atoms with E-state index in [1.54, 1.807) is 0 Å². The highest BCUT2D eigenvalue weighted by Gasteiger charge is 2.19. The molecule has 1 nitrogen and oxygen atoms in total. The Hall–Kier alpha value is -6.18. The Morgan fingerprint density at radius 2 is 0.979 bits per heavy atom. The van der Waals surface area contributed by atoms with Crippen LogP contribution in [0.15, 0.2) is 174 Å². The summed E-state index contributed by atoms with van der Waals surface area (Å²) in [4.78, 5) is 0. The van der Waals surface area contributed by atoms with Gasteiger partial charge in [-0.05, 0) is 77.3 Å². The zero-order valence-electron chi connectivity index (χ0n) is 30.2. The maximum absolute atomic E-state index is 8.71. The Kier molecular flexibility index (Phi) is 4.66. The Bertz CT molecular complexity index is 3020. The van der Waals surface area contributed by atoms with Crippen molar-refractivity contribution >= 4 is 54.3 Å². The molecule has 218 valence electrons. The van der Waals surface area contributed by atoms with E-state index in [0.29, 0.717) is 5.56 Å². The lowest BCUT2D eigenvalue weighted by atomic mass is 9.86. The predicted octanol–water partition coefficient (Wildman–Crippen LogP) is 13.2. The summed E-state index contributed by atoms with van der Waals surface area (Å²) in [5, 5.41) is 8.19. The maximum Gasteiger partial charge on any atom is 0.143 e. The van der Waals surface area contributed by atoms with Gasteiger partial charge in [-0.1, -0.05) is 164 Å². The van der Waals surface area contributed by atoms with Gasteiger partial charge in [0.1, 0.15) is 11.2 Å². The summed E-state index contributed by atoms with van der Waals surface area (Å²) >= 11 is 0. The zero-order chi connectivity index (χ0) is 35.2. The van der Waals surface area contributed by atoms with E-state index in [4.69, 9.17) is 11.3 Å². The number of hydrogen-bond donors (Lipinski definition) is 0. The molecule has 0 fully saturated rings. The van der Waals surface area contributed by atoms with Gasteiger partial charge >= 0.3 is 0 Å². The lowest BCUT2D eigenvalue weighted by Crippen LogP contribution is -1.89. The molecule has 0 aliphatic carbocycles. The quantitative estimate of drug-likeness (QED) is 0.183. The number of furan rings is 1. The van der Waals surface area contributed by atoms with Crippen molar-refractivity contribution in [2.75, 3.05) is 0 Å². The van der Waals surface area contributed by atoms with E-state index >= 15 is 0 Å². The number of hydrogen-bond acceptors (Lipinski definition) is 1. The first-order valence-corrected chi connectivity index (χ1v) is 15.8. The molecule has 10 aromatic rings. The Labute approximate surface area is 279 Å². The minimum Gasteiger partial charge on any atom is -0.455 e. The maximum atomic E-state index is 8.71. The fourth-order valence-corrected chi connectivity index (χ4v) is 7.41. The highest BCUT2D eigenvalue weighted by molar-refractivity contribution is 6.29. The van der Waals surface area contributed by atoms with Crippen molar-refractivity contribution in [3.05, 3.63) is 170 Å². The van der Waals surface area contributed by atoms with Crippen molar-refractivity contribution in [1.29, 1.82) is 0 Å². The second-order valence-electron chi connectivity index (χ2n) is 12.1. The topological polar surface area (TPSA) is 13.1 Å². The zero-order valence-corrected chi connectivity index (χ0v) is 25.2. The molecule has 0 aliphatic heterocycles. The molecule has 10 rings (SSSR count). The minimum absolute atomic E-state index is 0.202. The van der Waals surface area contributed by atoms with Crippen molar-refractivity contribution < 1.29 is 11.3 Å². The van der Waals surface area contributed by atoms with Crippen LogP contribution in [0.1, 0.15) is 6.85 Å². The monoisotopic (exact) mass is 601 g/mol. The second-order valence-corrected chi connectivity index (χ2v) is 12.1. The molecule has 0 saturated heterocycles. The van der Waals surface area contributed by atoms with Gasteiger partial charge in [-0.3, -0.25) is 0 Å². The van der Waals surface area contributed by atoms with Gasteiger partial charge in [0.25, 0.3) is 0 Å². The average Bonchev–Trinajstić information content (AvgIpc) is 3.59. The fraction of sp³-hybridized carbons (Fsp3) is 0. The number of benzene rings is 9. The summed E-state index contributed by atoms with van der Waals surface area (Å²) in [5.74, 6) is 0. The SMILES string of the molecule is [2H]c1c([2H])c([2H])c(-c2ccc3ccc4c(-c5cccc6oc7c(-c8ccc(-c9ccccc9)cc8)cccc7c56)ccc5ccc2c3c54)c([2H])c1[2H]. The van der Waals surface area contributed by atoms with E-state index in [1.807, 2.05) is 36.4 Å². The molecule has 47 heavy (non-hydrogen) atoms. The molecule has 0 radical (unpaired) electrons. The lowest BCUT2D eigenvalue weighted by molar-refractivity contribution is 0.670. The van der Waals surface area contributed by atoms with Crippen LogP contribution >= 0.6 is 0 Å². The molecule has 9 aromatic carbocycles. The lowest BCUT2D eigenvalue weighted by Gasteiger charge is -2.17. The standard InChI is InChI=1S/C46H28O/c1-3-9-29(10-4-1)30-17-19-32(20-18-30)36-13-7-15-41-45-38(14-8-16-42(45)47-46(36)41)37-26-22-34-23-27-39-35(31-11-5-2-6-12-31)25-21-33-24-28-40(37)44(34)43(33)39/h1-28H/i2D,5D,6D,11D,12D. The van der Waals surface area contributed by atoms with E-state index in [1.165, 1.54) is 5.56 Å². The first kappa shape index (κ1) is 21.5. The van der Waals surface area contributed by atoms with Gasteiger partial charge in [0, 0.05) is 16.3 Å². The van der Waals surface area contributed by atoms with Crippen LogP contribution in [0.25, 0.3) is 98.8 Å². The van der Waals surface area contributed by atoms with Gasteiger partial charge in [0.05, 0.1) is 6.85 Å². The van der Waals surface area contributed by atoms with Crippen LogP contribution in [0.3, 0.4) is 0 Å². The third-order valence-corrected chi connectivity index (χ3v) is 9.55. The van der Waals surface area contributed by atoms with E-state index in [0.717, 1.165) is 82.1 Å². The summed E-state index contributed by atoms with van der Waals surface area (Å²) < 4.78 is 48.9. The normalized spacial score (nSPS) is 13.3. The molecule has 0 saturated carbocycles. The first-order chi connectivity index (χ1) is 25.4. The number of rotatable bonds is 4. The predicted molar refractivity (Wildman–Crippen MR) is 199 cm³/mol. The first-order valence-electron chi connectivity index (χ1n) is 18.3. The summed E-state index contributed by atoms with van der Waals surface area (Å²) in [7, 11) is 0. The summed E-state index contributed by atoms with van der Waals surface area (Å²) in [5.41, 5.74) is 9.10. The van der Waals surface area contributed by atoms with E-state index in [2.05, 4.69) is 103 Å². The van der Waals surface area contributed by atoms with Crippen LogP contribution in [0.2, 0.25) is 0 Å². The molecular weight excluding hydrogens is 569 g/mol. The smallest absolute Gasteiger partial charge is 0.143 e. The highest BCUT2D eigenvalue weighted by Crippen LogP contribution is 2.46. The van der Waals surface area contributed by atoms with Crippen LogP contribution < -0.4 is 0 Å². The molecule has 0 aliphatic rings. The molecule has 0 N–H and O–H groups in total. The van der Waals surface area contributed by atoms with Gasteiger partial charge in [-0.15, -0.1) is 0 Å². The van der Waals surface area contributed by atoms with Crippen molar-refractivity contribution in [2.45, 2.75) is 0 Å². The molecule has 0 amide bonds. The molecule has 0 unspecified atom stereocenters. The molecule has 0 spiro atoms. The largest absolute Gasteiger partial charge is 0.455 e. The van der Waals surface area contributed by atoms with E-state index < -0.39 is 6.04 Å². The van der Waals surface area contributed by atoms with Crippen molar-refractivity contribution in [1.82, 2.24) is 0 Å². The molecule has 0 bridgehead atoms. The van der Waals surface area contributed by atoms with Gasteiger partial charge in [-0.25, -0.2) is 0 Å². The molecule has 1 heterocycles. The Morgan fingerprint density at radius 1 is 0.362 bits per heavy atom. The van der Waals surface area contributed by atoms with Crippen LogP contribution in [-0.2, 0) is 0 Å². The Morgan fingerprint density at radius 3 is 1.74 bits per heavy atom. The van der Waals surface area contributed by atoms with Gasteiger partial charge in [0.2, 0.25) is 0 Å². The molecule has 1 heteroatoms. The van der Waals surface area contributed by atoms with Gasteiger partial charge < -0.3 is 4.42 Å². The van der Waals surface area contributed by atoms with Crippen molar-refractivity contribution in [2.24, 2.45) is 0 Å². The summed E-state index contributed by atoms with van der Waals surface area (Å²) in [6.07, 6.45) is 0. The fourth-order valence-electron chi connectivity index (χ4n) is 7.41.